The van der Waals surface area contributed by atoms with Gasteiger partial charge in [-0.15, -0.1) is 0 Å². The molecule has 0 bridgehead atoms. The van der Waals surface area contributed by atoms with Gasteiger partial charge in [0.25, 0.3) is 0 Å². The van der Waals surface area contributed by atoms with Gasteiger partial charge in [0.2, 0.25) is 0 Å². The molecule has 4 nitrogen and oxygen atoms in total. The fraction of sp³-hybridized carbons (Fsp3) is 0.438. The maximum atomic E-state index is 6.19. The molecule has 1 aliphatic carbocycles. The average Bonchev–Trinajstić information content (AvgIpc) is 2.75. The van der Waals surface area contributed by atoms with Crippen LogP contribution in [-0.4, -0.2) is 9.78 Å². The number of nitrogen functional groups attached to an aromatic ring is 1. The molecule has 4 heteroatoms. The first kappa shape index (κ1) is 13.0. The predicted octanol–water partition coefficient (Wildman–Crippen LogP) is 3.19. The van der Waals surface area contributed by atoms with Gasteiger partial charge in [-0.05, 0) is 49.3 Å². The third kappa shape index (κ3) is 2.15. The first-order valence-electron chi connectivity index (χ1n) is 7.39. The van der Waals surface area contributed by atoms with Crippen molar-refractivity contribution in [1.29, 1.82) is 0 Å². The summed E-state index contributed by atoms with van der Waals surface area (Å²) >= 11 is 0. The van der Waals surface area contributed by atoms with Gasteiger partial charge in [-0.25, -0.2) is 0 Å². The Hall–Kier alpha value is -1.97. The van der Waals surface area contributed by atoms with Crippen LogP contribution in [0.25, 0.3) is 0 Å². The van der Waals surface area contributed by atoms with Gasteiger partial charge >= 0.3 is 0 Å². The SMILES string of the molecule is CCc1nn(C)c(Nc2cccc3c2CCCC3)c1N. The van der Waals surface area contributed by atoms with Gasteiger partial charge in [-0.3, -0.25) is 4.68 Å². The number of nitrogens with one attached hydrogen (secondary N) is 1. The zero-order valence-corrected chi connectivity index (χ0v) is 12.2. The minimum absolute atomic E-state index is 0.767. The number of aromatic nitrogens is 2. The molecule has 20 heavy (non-hydrogen) atoms. The largest absolute Gasteiger partial charge is 0.394 e. The molecule has 0 unspecified atom stereocenters. The Morgan fingerprint density at radius 2 is 2.10 bits per heavy atom. The van der Waals surface area contributed by atoms with Gasteiger partial charge in [-0.1, -0.05) is 19.1 Å². The maximum Gasteiger partial charge on any atom is 0.152 e. The summed E-state index contributed by atoms with van der Waals surface area (Å²) in [4.78, 5) is 0. The Bertz CT molecular complexity index is 628. The normalized spacial score (nSPS) is 14.1. The van der Waals surface area contributed by atoms with Gasteiger partial charge in [-0.2, -0.15) is 5.10 Å². The second-order valence-electron chi connectivity index (χ2n) is 5.46. The number of nitrogens with two attached hydrogens (primary N) is 1. The maximum absolute atomic E-state index is 6.19. The zero-order valence-electron chi connectivity index (χ0n) is 12.2. The number of fused-ring (bicyclic) bond motifs is 1. The van der Waals surface area contributed by atoms with E-state index in [4.69, 9.17) is 5.73 Å². The van der Waals surface area contributed by atoms with E-state index in [2.05, 4.69) is 35.5 Å². The van der Waals surface area contributed by atoms with Crippen molar-refractivity contribution in [3.8, 4) is 0 Å². The third-order valence-electron chi connectivity index (χ3n) is 4.14. The summed E-state index contributed by atoms with van der Waals surface area (Å²) in [6.45, 7) is 2.08. The van der Waals surface area contributed by atoms with E-state index in [1.165, 1.54) is 36.1 Å². The van der Waals surface area contributed by atoms with Gasteiger partial charge in [0.15, 0.2) is 5.82 Å². The molecule has 106 valence electrons. The summed E-state index contributed by atoms with van der Waals surface area (Å²) in [5.74, 6) is 0.904. The second-order valence-corrected chi connectivity index (χ2v) is 5.46. The van der Waals surface area contributed by atoms with Gasteiger partial charge in [0, 0.05) is 12.7 Å². The lowest BCUT2D eigenvalue weighted by atomic mass is 9.90. The molecule has 0 saturated carbocycles. The molecule has 0 amide bonds. The van der Waals surface area contributed by atoms with Gasteiger partial charge < -0.3 is 11.1 Å². The number of rotatable bonds is 3. The summed E-state index contributed by atoms with van der Waals surface area (Å²) in [5, 5.41) is 7.96. The molecule has 0 fully saturated rings. The fourth-order valence-electron chi connectivity index (χ4n) is 3.03. The van der Waals surface area contributed by atoms with Crippen molar-refractivity contribution in [2.24, 2.45) is 7.05 Å². The summed E-state index contributed by atoms with van der Waals surface area (Å²) in [5.41, 5.74) is 12.0. The highest BCUT2D eigenvalue weighted by Crippen LogP contribution is 2.32. The van der Waals surface area contributed by atoms with Crippen LogP contribution in [0.2, 0.25) is 0 Å². The molecule has 0 saturated heterocycles. The van der Waals surface area contributed by atoms with Crippen LogP contribution in [0.5, 0.6) is 0 Å². The van der Waals surface area contributed by atoms with Crippen molar-refractivity contribution in [3.05, 3.63) is 35.0 Å². The molecule has 0 spiro atoms. The number of benzene rings is 1. The zero-order chi connectivity index (χ0) is 14.1. The Kier molecular flexibility index (Phi) is 3.38. The molecule has 1 aromatic heterocycles. The smallest absolute Gasteiger partial charge is 0.152 e. The minimum Gasteiger partial charge on any atom is -0.394 e. The standard InChI is InChI=1S/C16H22N4/c1-3-13-15(17)16(20(2)19-13)18-14-10-6-8-11-7-4-5-9-12(11)14/h6,8,10,18H,3-5,7,9,17H2,1-2H3. The lowest BCUT2D eigenvalue weighted by molar-refractivity contribution is 0.686. The van der Waals surface area contributed by atoms with Crippen molar-refractivity contribution < 1.29 is 0 Å². The van der Waals surface area contributed by atoms with Crippen molar-refractivity contribution >= 4 is 17.2 Å². The molecular formula is C16H22N4. The van der Waals surface area contributed by atoms with Crippen LogP contribution in [0.15, 0.2) is 18.2 Å². The van der Waals surface area contributed by atoms with E-state index in [0.29, 0.717) is 0 Å². The highest BCUT2D eigenvalue weighted by atomic mass is 15.3. The molecule has 0 aliphatic heterocycles. The number of nitrogens with zero attached hydrogens (tertiary/aromatic N) is 2. The molecule has 1 aliphatic rings. The molecule has 1 heterocycles. The molecule has 3 rings (SSSR count). The van der Waals surface area contributed by atoms with Gasteiger partial charge in [0.1, 0.15) is 0 Å². The second kappa shape index (κ2) is 5.19. The topological polar surface area (TPSA) is 55.9 Å². The van der Waals surface area contributed by atoms with Crippen LogP contribution >= 0.6 is 0 Å². The van der Waals surface area contributed by atoms with Crippen LogP contribution in [0.4, 0.5) is 17.2 Å². The van der Waals surface area contributed by atoms with Crippen molar-refractivity contribution in [3.63, 3.8) is 0 Å². The van der Waals surface area contributed by atoms with E-state index in [1.54, 1.807) is 0 Å². The Balaban J connectivity index is 1.98. The number of anilines is 3. The quantitative estimate of drug-likeness (QED) is 0.900. The molecule has 0 radical (unpaired) electrons. The van der Waals surface area contributed by atoms with Gasteiger partial charge in [0.05, 0.1) is 11.4 Å². The van der Waals surface area contributed by atoms with Crippen LogP contribution in [0.3, 0.4) is 0 Å². The lowest BCUT2D eigenvalue weighted by Crippen LogP contribution is -2.08. The molecule has 2 aromatic rings. The van der Waals surface area contributed by atoms with Crippen molar-refractivity contribution in [2.45, 2.75) is 39.0 Å². The van der Waals surface area contributed by atoms with Crippen molar-refractivity contribution in [1.82, 2.24) is 9.78 Å². The monoisotopic (exact) mass is 270 g/mol. The van der Waals surface area contributed by atoms with Crippen LogP contribution in [-0.2, 0) is 26.3 Å². The van der Waals surface area contributed by atoms with E-state index < -0.39 is 0 Å². The van der Waals surface area contributed by atoms with E-state index in [0.717, 1.165) is 30.0 Å². The summed E-state index contributed by atoms with van der Waals surface area (Å²) in [7, 11) is 1.94. The third-order valence-corrected chi connectivity index (χ3v) is 4.14. The predicted molar refractivity (Wildman–Crippen MR) is 83.4 cm³/mol. The lowest BCUT2D eigenvalue weighted by Gasteiger charge is -2.20. The Labute approximate surface area is 120 Å². The van der Waals surface area contributed by atoms with E-state index in [1.807, 2.05) is 11.7 Å². The number of aryl methyl sites for hydroxylation is 3. The first-order valence-corrected chi connectivity index (χ1v) is 7.39. The molecule has 1 aromatic carbocycles. The van der Waals surface area contributed by atoms with Crippen LogP contribution < -0.4 is 11.1 Å². The molecule has 0 atom stereocenters. The van der Waals surface area contributed by atoms with Crippen molar-refractivity contribution in [2.75, 3.05) is 11.1 Å². The van der Waals surface area contributed by atoms with E-state index in [9.17, 15) is 0 Å². The molecule has 3 N–H and O–H groups in total. The van der Waals surface area contributed by atoms with Crippen LogP contribution in [0.1, 0.15) is 36.6 Å². The number of hydrogen-bond donors (Lipinski definition) is 2. The number of hydrogen-bond acceptors (Lipinski definition) is 3. The summed E-state index contributed by atoms with van der Waals surface area (Å²) in [6.07, 6.45) is 5.76. The van der Waals surface area contributed by atoms with E-state index in [-0.39, 0.29) is 0 Å². The summed E-state index contributed by atoms with van der Waals surface area (Å²) < 4.78 is 1.84. The van der Waals surface area contributed by atoms with Crippen LogP contribution in [0, 0.1) is 0 Å². The Morgan fingerprint density at radius 3 is 2.85 bits per heavy atom. The highest BCUT2D eigenvalue weighted by Gasteiger charge is 2.16. The van der Waals surface area contributed by atoms with E-state index >= 15 is 0 Å². The minimum atomic E-state index is 0.767. The molecular weight excluding hydrogens is 248 g/mol. The summed E-state index contributed by atoms with van der Waals surface area (Å²) in [6, 6.07) is 6.51. The highest BCUT2D eigenvalue weighted by molar-refractivity contribution is 5.73. The average molecular weight is 270 g/mol. The Morgan fingerprint density at radius 1 is 1.30 bits per heavy atom. The first-order chi connectivity index (χ1) is 9.70. The fourth-order valence-corrected chi connectivity index (χ4v) is 3.03.